The molecule has 2 aromatic carbocycles. The van der Waals surface area contributed by atoms with Crippen molar-refractivity contribution in [3.05, 3.63) is 87.2 Å². The molecule has 0 spiro atoms. The maximum Gasteiger partial charge on any atom is 0.274 e. The van der Waals surface area contributed by atoms with Gasteiger partial charge in [-0.25, -0.2) is 14.2 Å². The second-order valence-corrected chi connectivity index (χ2v) is 6.67. The van der Waals surface area contributed by atoms with Crippen molar-refractivity contribution < 1.29 is 13.6 Å². The van der Waals surface area contributed by atoms with Crippen LogP contribution in [0.5, 0.6) is 0 Å². The van der Waals surface area contributed by atoms with Crippen molar-refractivity contribution in [1.29, 1.82) is 5.26 Å². The van der Waals surface area contributed by atoms with Crippen LogP contribution in [0, 0.1) is 36.8 Å². The molecule has 1 aromatic heterocycles. The molecular weight excluding hydrogens is 398 g/mol. The number of nitrogens with zero attached hydrogens (tertiary/aromatic N) is 3. The number of halogens is 3. The van der Waals surface area contributed by atoms with Crippen molar-refractivity contribution in [3.8, 4) is 11.8 Å². The molecule has 1 heterocycles. The second-order valence-electron chi connectivity index (χ2n) is 6.27. The number of carbonyl (C=O) groups excluding carboxylic acids is 1. The Hall–Kier alpha value is -3.50. The lowest BCUT2D eigenvalue weighted by Gasteiger charge is -2.10. The number of amides is 1. The maximum atomic E-state index is 13.9. The summed E-state index contributed by atoms with van der Waals surface area (Å²) >= 11 is 5.87. The Bertz CT molecular complexity index is 1180. The maximum absolute atomic E-state index is 13.9. The van der Waals surface area contributed by atoms with Crippen LogP contribution in [-0.4, -0.2) is 16.7 Å². The van der Waals surface area contributed by atoms with E-state index in [4.69, 9.17) is 16.9 Å². The minimum atomic E-state index is -0.803. The van der Waals surface area contributed by atoms with Gasteiger partial charge < -0.3 is 4.57 Å². The summed E-state index contributed by atoms with van der Waals surface area (Å²) in [5.74, 6) is -2.04. The zero-order valence-electron chi connectivity index (χ0n) is 15.5. The van der Waals surface area contributed by atoms with Gasteiger partial charge in [0.2, 0.25) is 0 Å². The van der Waals surface area contributed by atoms with E-state index in [0.29, 0.717) is 11.3 Å². The quantitative estimate of drug-likeness (QED) is 0.500. The second kappa shape index (κ2) is 8.25. The molecule has 0 aliphatic heterocycles. The minimum absolute atomic E-state index is 0.0157. The van der Waals surface area contributed by atoms with Gasteiger partial charge in [-0.1, -0.05) is 11.6 Å². The molecule has 146 valence electrons. The zero-order chi connectivity index (χ0) is 21.1. The van der Waals surface area contributed by atoms with Crippen LogP contribution in [-0.2, 0) is 0 Å². The van der Waals surface area contributed by atoms with Crippen LogP contribution in [0.25, 0.3) is 5.69 Å². The normalized spacial score (nSPS) is 10.9. The molecule has 1 amide bonds. The fourth-order valence-corrected chi connectivity index (χ4v) is 3.10. The molecule has 29 heavy (non-hydrogen) atoms. The number of carbonyl (C=O) groups is 1. The lowest BCUT2D eigenvalue weighted by Crippen LogP contribution is -2.19. The molecular formula is C21H15ClF2N4O. The molecule has 0 aliphatic rings. The van der Waals surface area contributed by atoms with Crippen molar-refractivity contribution in [1.82, 2.24) is 9.99 Å². The number of aryl methyl sites for hydroxylation is 1. The molecule has 1 N–H and O–H groups in total. The van der Waals surface area contributed by atoms with E-state index in [1.54, 1.807) is 12.1 Å². The number of aromatic nitrogens is 1. The van der Waals surface area contributed by atoms with Crippen LogP contribution < -0.4 is 5.43 Å². The number of nitriles is 1. The molecule has 0 saturated heterocycles. The van der Waals surface area contributed by atoms with Gasteiger partial charge in [0.25, 0.3) is 5.91 Å². The summed E-state index contributed by atoms with van der Waals surface area (Å²) in [5.41, 5.74) is 5.23. The first-order chi connectivity index (χ1) is 13.8. The van der Waals surface area contributed by atoms with Gasteiger partial charge in [-0.15, -0.1) is 0 Å². The summed E-state index contributed by atoms with van der Waals surface area (Å²) in [6, 6.07) is 11.6. The van der Waals surface area contributed by atoms with Crippen LogP contribution in [0.15, 0.2) is 47.6 Å². The molecule has 8 heteroatoms. The third-order valence-corrected chi connectivity index (χ3v) is 4.63. The Balaban J connectivity index is 1.80. The van der Waals surface area contributed by atoms with Crippen molar-refractivity contribution in [2.75, 3.05) is 0 Å². The van der Waals surface area contributed by atoms with E-state index in [1.807, 2.05) is 24.5 Å². The van der Waals surface area contributed by atoms with E-state index >= 15 is 0 Å². The van der Waals surface area contributed by atoms with Crippen LogP contribution >= 0.6 is 11.6 Å². The highest BCUT2D eigenvalue weighted by molar-refractivity contribution is 6.30. The number of benzene rings is 2. The summed E-state index contributed by atoms with van der Waals surface area (Å²) in [6.07, 6.45) is 1.43. The molecule has 3 rings (SSSR count). The summed E-state index contributed by atoms with van der Waals surface area (Å²) in [7, 11) is 0. The Morgan fingerprint density at radius 1 is 1.17 bits per heavy atom. The van der Waals surface area contributed by atoms with Gasteiger partial charge in [0.1, 0.15) is 11.6 Å². The topological polar surface area (TPSA) is 70.2 Å². The summed E-state index contributed by atoms with van der Waals surface area (Å²) < 4.78 is 29.2. The minimum Gasteiger partial charge on any atom is -0.318 e. The van der Waals surface area contributed by atoms with Crippen LogP contribution in [0.3, 0.4) is 0 Å². The highest BCUT2D eigenvalue weighted by atomic mass is 35.5. The fourth-order valence-electron chi connectivity index (χ4n) is 2.93. The molecule has 0 atom stereocenters. The predicted molar refractivity (Wildman–Crippen MR) is 106 cm³/mol. The first-order valence-electron chi connectivity index (χ1n) is 8.49. The first kappa shape index (κ1) is 20.2. The highest BCUT2D eigenvalue weighted by Crippen LogP contribution is 2.24. The van der Waals surface area contributed by atoms with Gasteiger partial charge in [-0.05, 0) is 56.3 Å². The number of hydrogen-bond acceptors (Lipinski definition) is 3. The standard InChI is InChI=1S/C21H15ClF2N4O/c1-12-7-15(13(2)28(12)16-4-6-19(23)18(22)9-16)11-26-27-21(29)17-5-3-14(10-25)8-20(17)24/h3-9,11H,1-2H3,(H,27,29). The molecule has 0 radical (unpaired) electrons. The van der Waals surface area contributed by atoms with Crippen molar-refractivity contribution in [2.24, 2.45) is 5.10 Å². The van der Waals surface area contributed by atoms with E-state index in [1.165, 1.54) is 30.5 Å². The van der Waals surface area contributed by atoms with Gasteiger partial charge in [0.05, 0.1) is 28.4 Å². The number of rotatable bonds is 4. The lowest BCUT2D eigenvalue weighted by molar-refractivity contribution is 0.0951. The van der Waals surface area contributed by atoms with Crippen LogP contribution in [0.4, 0.5) is 8.78 Å². The molecule has 3 aromatic rings. The molecule has 0 aliphatic carbocycles. The van der Waals surface area contributed by atoms with Crippen molar-refractivity contribution in [3.63, 3.8) is 0 Å². The third kappa shape index (κ3) is 4.18. The monoisotopic (exact) mass is 412 g/mol. The van der Waals surface area contributed by atoms with E-state index < -0.39 is 17.5 Å². The third-order valence-electron chi connectivity index (χ3n) is 4.34. The molecule has 5 nitrogen and oxygen atoms in total. The van der Waals surface area contributed by atoms with Crippen molar-refractivity contribution >= 4 is 23.7 Å². The van der Waals surface area contributed by atoms with E-state index in [9.17, 15) is 13.6 Å². The van der Waals surface area contributed by atoms with E-state index in [2.05, 4.69) is 10.5 Å². The average molecular weight is 413 g/mol. The largest absolute Gasteiger partial charge is 0.318 e. The number of hydrogen-bond donors (Lipinski definition) is 1. The molecule has 0 fully saturated rings. The number of hydrazone groups is 1. The Morgan fingerprint density at radius 3 is 2.59 bits per heavy atom. The fraction of sp³-hybridized carbons (Fsp3) is 0.0952. The van der Waals surface area contributed by atoms with E-state index in [0.717, 1.165) is 17.5 Å². The van der Waals surface area contributed by atoms with Gasteiger partial charge in [0, 0.05) is 22.6 Å². The van der Waals surface area contributed by atoms with Gasteiger partial charge in [-0.2, -0.15) is 10.4 Å². The molecule has 0 bridgehead atoms. The van der Waals surface area contributed by atoms with Crippen molar-refractivity contribution in [2.45, 2.75) is 13.8 Å². The van der Waals surface area contributed by atoms with Crippen LogP contribution in [0.2, 0.25) is 5.02 Å². The SMILES string of the molecule is Cc1cc(C=NNC(=O)c2ccc(C#N)cc2F)c(C)n1-c1ccc(F)c(Cl)c1. The summed E-state index contributed by atoms with van der Waals surface area (Å²) in [6.45, 7) is 3.71. The van der Waals surface area contributed by atoms with Gasteiger partial charge in [0.15, 0.2) is 0 Å². The lowest BCUT2D eigenvalue weighted by atomic mass is 10.1. The predicted octanol–water partition coefficient (Wildman–Crippen LogP) is 4.66. The summed E-state index contributed by atoms with van der Waals surface area (Å²) in [5, 5.41) is 12.7. The molecule has 0 unspecified atom stereocenters. The van der Waals surface area contributed by atoms with Gasteiger partial charge in [-0.3, -0.25) is 4.79 Å². The number of nitrogens with one attached hydrogen (secondary N) is 1. The first-order valence-corrected chi connectivity index (χ1v) is 8.87. The smallest absolute Gasteiger partial charge is 0.274 e. The Labute approximate surface area is 170 Å². The summed E-state index contributed by atoms with van der Waals surface area (Å²) in [4.78, 5) is 12.1. The average Bonchev–Trinajstić information content (AvgIpc) is 2.97. The van der Waals surface area contributed by atoms with Gasteiger partial charge >= 0.3 is 0 Å². The molecule has 0 saturated carbocycles. The Morgan fingerprint density at radius 2 is 1.93 bits per heavy atom. The zero-order valence-corrected chi connectivity index (χ0v) is 16.3. The van der Waals surface area contributed by atoms with E-state index in [-0.39, 0.29) is 16.1 Å². The van der Waals surface area contributed by atoms with Crippen LogP contribution in [0.1, 0.15) is 32.9 Å². The Kier molecular flexibility index (Phi) is 5.76. The highest BCUT2D eigenvalue weighted by Gasteiger charge is 2.13.